The van der Waals surface area contributed by atoms with Gasteiger partial charge in [-0.25, -0.2) is 4.90 Å². The van der Waals surface area contributed by atoms with Gasteiger partial charge < -0.3 is 0 Å². The molecule has 0 N–H and O–H groups in total. The van der Waals surface area contributed by atoms with E-state index in [9.17, 15) is 32.3 Å². The molecule has 0 saturated carbocycles. The molecule has 4 aromatic carbocycles. The molecular weight excluding hydrogens is 557 g/mol. The average molecular weight is 583 g/mol. The zero-order valence-electron chi connectivity index (χ0n) is 23.7. The molecule has 6 rings (SSSR count). The Labute approximate surface area is 245 Å². The van der Waals surface area contributed by atoms with Gasteiger partial charge in [0, 0.05) is 7.05 Å². The van der Waals surface area contributed by atoms with Crippen molar-refractivity contribution in [2.24, 2.45) is 0 Å². The van der Waals surface area contributed by atoms with Crippen molar-refractivity contribution >= 4 is 29.3 Å². The maximum Gasteiger partial charge on any atom is 0.399 e. The third-order valence-electron chi connectivity index (χ3n) is 8.30. The van der Waals surface area contributed by atoms with Gasteiger partial charge in [0.05, 0.1) is 27.9 Å². The molecule has 1 atom stereocenters. The summed E-state index contributed by atoms with van der Waals surface area (Å²) in [5, 5.41) is 0. The van der Waals surface area contributed by atoms with Gasteiger partial charge in [0.25, 0.3) is 23.6 Å². The molecule has 4 amide bonds. The van der Waals surface area contributed by atoms with Crippen LogP contribution in [0.5, 0.6) is 0 Å². The van der Waals surface area contributed by atoms with Crippen LogP contribution in [0.1, 0.15) is 75.2 Å². The van der Waals surface area contributed by atoms with Crippen molar-refractivity contribution in [3.63, 3.8) is 0 Å². The molecular formula is C34H25F3N2O4. The Hall–Kier alpha value is -5.05. The van der Waals surface area contributed by atoms with Crippen molar-refractivity contribution in [3.8, 4) is 11.1 Å². The maximum absolute atomic E-state index is 14.3. The lowest BCUT2D eigenvalue weighted by molar-refractivity contribution is -0.141. The number of nitrogens with zero attached hydrogens (tertiary/aromatic N) is 2. The Bertz CT molecular complexity index is 1910. The minimum Gasteiger partial charge on any atom is -0.277 e. The van der Waals surface area contributed by atoms with E-state index >= 15 is 0 Å². The van der Waals surface area contributed by atoms with Gasteiger partial charge in [-0.05, 0) is 90.0 Å². The van der Waals surface area contributed by atoms with Crippen LogP contribution in [0.2, 0.25) is 0 Å². The second-order valence-electron chi connectivity index (χ2n) is 11.0. The Kier molecular flexibility index (Phi) is 6.38. The molecule has 43 heavy (non-hydrogen) atoms. The Morgan fingerprint density at radius 2 is 1.05 bits per heavy atom. The third kappa shape index (κ3) is 4.43. The number of imide groups is 2. The Balaban J connectivity index is 1.34. The molecule has 0 fully saturated rings. The van der Waals surface area contributed by atoms with Gasteiger partial charge in [0.15, 0.2) is 0 Å². The molecule has 0 saturated heterocycles. The number of halogens is 3. The molecule has 0 bridgehead atoms. The van der Waals surface area contributed by atoms with E-state index in [2.05, 4.69) is 0 Å². The van der Waals surface area contributed by atoms with E-state index in [4.69, 9.17) is 0 Å². The summed E-state index contributed by atoms with van der Waals surface area (Å²) in [5.74, 6) is -3.89. The summed E-state index contributed by atoms with van der Waals surface area (Å²) in [6, 6.07) is 18.2. The van der Waals surface area contributed by atoms with E-state index in [1.807, 2.05) is 6.92 Å². The first kappa shape index (κ1) is 28.1. The predicted octanol–water partition coefficient (Wildman–Crippen LogP) is 7.00. The molecule has 6 nitrogen and oxygen atoms in total. The number of carbonyl (C=O) groups excluding carboxylic acids is 4. The number of hydrogen-bond acceptors (Lipinski definition) is 4. The normalized spacial score (nSPS) is 15.3. The Morgan fingerprint density at radius 1 is 0.558 bits per heavy atom. The second kappa shape index (κ2) is 9.76. The van der Waals surface area contributed by atoms with Crippen LogP contribution >= 0.6 is 0 Å². The number of rotatable bonds is 4. The van der Waals surface area contributed by atoms with Crippen molar-refractivity contribution in [1.82, 2.24) is 4.90 Å². The number of fused-ring (bicyclic) bond motifs is 2. The molecule has 4 aromatic rings. The minimum absolute atomic E-state index is 0.00572. The second-order valence-corrected chi connectivity index (χ2v) is 11.0. The molecule has 0 aromatic heterocycles. The van der Waals surface area contributed by atoms with Gasteiger partial charge in [-0.3, -0.25) is 24.1 Å². The monoisotopic (exact) mass is 582 g/mol. The first-order valence-corrected chi connectivity index (χ1v) is 13.5. The summed E-state index contributed by atoms with van der Waals surface area (Å²) in [6.07, 6.45) is -4.56. The van der Waals surface area contributed by atoms with Gasteiger partial charge in [0.1, 0.15) is 5.92 Å². The summed E-state index contributed by atoms with van der Waals surface area (Å²) in [4.78, 5) is 53.7. The number of alkyl halides is 3. The zero-order valence-corrected chi connectivity index (χ0v) is 23.7. The fourth-order valence-electron chi connectivity index (χ4n) is 5.80. The van der Waals surface area contributed by atoms with E-state index in [1.54, 1.807) is 50.2 Å². The first-order valence-electron chi connectivity index (χ1n) is 13.5. The summed E-state index contributed by atoms with van der Waals surface area (Å²) < 4.78 is 42.9. The van der Waals surface area contributed by atoms with E-state index in [0.717, 1.165) is 20.9 Å². The molecule has 2 aliphatic heterocycles. The average Bonchev–Trinajstić information content (AvgIpc) is 3.33. The first-order chi connectivity index (χ1) is 20.3. The number of amides is 4. The van der Waals surface area contributed by atoms with Crippen molar-refractivity contribution in [3.05, 3.63) is 123 Å². The van der Waals surface area contributed by atoms with E-state index in [1.165, 1.54) is 43.4 Å². The number of hydrogen-bond donors (Lipinski definition) is 0. The van der Waals surface area contributed by atoms with E-state index in [-0.39, 0.29) is 33.5 Å². The number of carbonyl (C=O) groups is 4. The van der Waals surface area contributed by atoms with Crippen LogP contribution in [0.25, 0.3) is 11.1 Å². The minimum atomic E-state index is -4.56. The summed E-state index contributed by atoms with van der Waals surface area (Å²) in [7, 11) is 1.40. The van der Waals surface area contributed by atoms with Crippen molar-refractivity contribution in [2.45, 2.75) is 32.9 Å². The highest BCUT2D eigenvalue weighted by atomic mass is 19.4. The van der Waals surface area contributed by atoms with Gasteiger partial charge >= 0.3 is 6.18 Å². The Morgan fingerprint density at radius 3 is 1.60 bits per heavy atom. The third-order valence-corrected chi connectivity index (χ3v) is 8.30. The molecule has 0 spiro atoms. The van der Waals surface area contributed by atoms with Crippen LogP contribution in [0.3, 0.4) is 0 Å². The molecule has 0 radical (unpaired) electrons. The van der Waals surface area contributed by atoms with E-state index in [0.29, 0.717) is 22.3 Å². The fraction of sp³-hybridized carbons (Fsp3) is 0.176. The van der Waals surface area contributed by atoms with Gasteiger partial charge in [-0.2, -0.15) is 13.2 Å². The highest BCUT2D eigenvalue weighted by Gasteiger charge is 2.43. The molecule has 2 aliphatic rings. The summed E-state index contributed by atoms with van der Waals surface area (Å²) >= 11 is 0. The van der Waals surface area contributed by atoms with Crippen molar-refractivity contribution in [1.29, 1.82) is 0 Å². The quantitative estimate of drug-likeness (QED) is 0.243. The smallest absolute Gasteiger partial charge is 0.277 e. The lowest BCUT2D eigenvalue weighted by Crippen LogP contribution is -2.30. The SMILES string of the molecule is Cc1ccc(C(c2ccc(N3C(=O)c4ccc(-c5ccc6c(c5)C(=O)N(C)C6=O)cc4C3=O)c(C)c2)C(F)(F)F)cc1C. The van der Waals surface area contributed by atoms with Gasteiger partial charge in [0.2, 0.25) is 0 Å². The molecule has 2 heterocycles. The highest BCUT2D eigenvalue weighted by Crippen LogP contribution is 2.42. The summed E-state index contributed by atoms with van der Waals surface area (Å²) in [5.41, 5.74) is 4.28. The number of benzene rings is 4. The lowest BCUT2D eigenvalue weighted by Gasteiger charge is -2.24. The number of aryl methyl sites for hydroxylation is 3. The number of anilines is 1. The molecule has 9 heteroatoms. The lowest BCUT2D eigenvalue weighted by atomic mass is 9.88. The van der Waals surface area contributed by atoms with Gasteiger partial charge in [-0.15, -0.1) is 0 Å². The van der Waals surface area contributed by atoms with Crippen LogP contribution in [-0.4, -0.2) is 41.8 Å². The molecule has 216 valence electrons. The fourth-order valence-corrected chi connectivity index (χ4v) is 5.80. The maximum atomic E-state index is 14.3. The van der Waals surface area contributed by atoms with Crippen LogP contribution in [0.15, 0.2) is 72.8 Å². The predicted molar refractivity (Wildman–Crippen MR) is 154 cm³/mol. The van der Waals surface area contributed by atoms with Crippen LogP contribution < -0.4 is 4.90 Å². The largest absolute Gasteiger partial charge is 0.399 e. The highest BCUT2D eigenvalue weighted by molar-refractivity contribution is 6.35. The van der Waals surface area contributed by atoms with Gasteiger partial charge in [-0.1, -0.05) is 42.5 Å². The van der Waals surface area contributed by atoms with Crippen molar-refractivity contribution in [2.75, 3.05) is 11.9 Å². The topological polar surface area (TPSA) is 74.8 Å². The van der Waals surface area contributed by atoms with Crippen LogP contribution in [-0.2, 0) is 0 Å². The summed E-state index contributed by atoms with van der Waals surface area (Å²) in [6.45, 7) is 5.17. The van der Waals surface area contributed by atoms with Crippen LogP contribution in [0.4, 0.5) is 18.9 Å². The van der Waals surface area contributed by atoms with Crippen LogP contribution in [0, 0.1) is 20.8 Å². The van der Waals surface area contributed by atoms with Crippen molar-refractivity contribution < 1.29 is 32.3 Å². The molecule has 0 aliphatic carbocycles. The zero-order chi connectivity index (χ0) is 31.0. The molecule has 1 unspecified atom stereocenters. The van der Waals surface area contributed by atoms with E-state index < -0.39 is 35.7 Å². The standard InChI is InChI=1S/C34H25F3N2O4/c1-17-5-6-22(13-18(17)2)29(34(35,36)37)23-9-12-28(19(3)14-23)39-32(42)25-11-8-21(16-27(25)33(39)43)20-7-10-24-26(15-20)31(41)38(4)30(24)40/h5-16,29H,1-4H3.